The molecule has 138 valence electrons. The van der Waals surface area contributed by atoms with E-state index >= 15 is 0 Å². The summed E-state index contributed by atoms with van der Waals surface area (Å²) in [4.78, 5) is 15.3. The van der Waals surface area contributed by atoms with Crippen molar-refractivity contribution in [3.8, 4) is 0 Å². The van der Waals surface area contributed by atoms with Crippen LogP contribution in [0.5, 0.6) is 0 Å². The van der Waals surface area contributed by atoms with Gasteiger partial charge in [-0.25, -0.2) is 13.8 Å². The summed E-state index contributed by atoms with van der Waals surface area (Å²) in [6.45, 7) is 1.69. The van der Waals surface area contributed by atoms with Crippen LogP contribution in [-0.4, -0.2) is 44.3 Å². The second-order valence-electron chi connectivity index (χ2n) is 5.72. The highest BCUT2D eigenvalue weighted by Gasteiger charge is 2.25. The van der Waals surface area contributed by atoms with Gasteiger partial charge in [0.2, 0.25) is 11.7 Å². The van der Waals surface area contributed by atoms with Crippen molar-refractivity contribution in [3.05, 3.63) is 36.2 Å². The quantitative estimate of drug-likeness (QED) is 0.556. The van der Waals surface area contributed by atoms with Gasteiger partial charge in [-0.15, -0.1) is 0 Å². The van der Waals surface area contributed by atoms with Gasteiger partial charge in [-0.05, 0) is 13.0 Å². The van der Waals surface area contributed by atoms with E-state index in [9.17, 15) is 13.2 Å². The summed E-state index contributed by atoms with van der Waals surface area (Å²) in [6.07, 6.45) is 1.40. The Kier molecular flexibility index (Phi) is 4.70. The lowest BCUT2D eigenvalue weighted by molar-refractivity contribution is -0.113. The minimum atomic E-state index is -3.83. The van der Waals surface area contributed by atoms with Crippen molar-refractivity contribution in [2.45, 2.75) is 11.8 Å². The molecule has 0 bridgehead atoms. The molecule has 3 N–H and O–H groups in total. The van der Waals surface area contributed by atoms with E-state index in [1.807, 2.05) is 0 Å². The maximum absolute atomic E-state index is 12.6. The van der Waals surface area contributed by atoms with E-state index in [2.05, 4.69) is 20.9 Å². The molecule has 0 aliphatic carbocycles. The van der Waals surface area contributed by atoms with E-state index in [0.717, 1.165) is 0 Å². The van der Waals surface area contributed by atoms with Gasteiger partial charge in [-0.2, -0.15) is 0 Å². The first-order chi connectivity index (χ1) is 12.3. The van der Waals surface area contributed by atoms with Gasteiger partial charge in [0.05, 0.1) is 4.90 Å². The summed E-state index contributed by atoms with van der Waals surface area (Å²) < 4.78 is 30.4. The van der Waals surface area contributed by atoms with Gasteiger partial charge < -0.3 is 19.8 Å². The van der Waals surface area contributed by atoms with Crippen molar-refractivity contribution < 1.29 is 17.7 Å². The highest BCUT2D eigenvalue weighted by Crippen LogP contribution is 2.28. The maximum Gasteiger partial charge on any atom is 0.241 e. The highest BCUT2D eigenvalue weighted by molar-refractivity contribution is 7.92. The average molecular weight is 377 g/mol. The van der Waals surface area contributed by atoms with Gasteiger partial charge in [0.25, 0.3) is 0 Å². The Labute approximate surface area is 150 Å². The molecule has 0 fully saturated rings. The number of hydrogen-bond acceptors (Lipinski definition) is 7. The Morgan fingerprint density at radius 2 is 2.08 bits per heavy atom. The molecule has 1 amide bonds. The number of sulfone groups is 1. The maximum atomic E-state index is 12.6. The molecule has 0 spiro atoms. The summed E-state index contributed by atoms with van der Waals surface area (Å²) >= 11 is 0. The van der Waals surface area contributed by atoms with Gasteiger partial charge in [-0.3, -0.25) is 4.79 Å². The number of nitrogens with zero attached hydrogens (tertiary/aromatic N) is 2. The number of aromatic nitrogens is 2. The van der Waals surface area contributed by atoms with Crippen LogP contribution in [0.15, 0.2) is 39.9 Å². The molecule has 2 heterocycles. The SMILES string of the molecule is CNN(C)c1c(NC(=O)CS(=O)(=O)c2c[nH]c3ccccc23)noc1C. The second-order valence-corrected chi connectivity index (χ2v) is 7.68. The van der Waals surface area contributed by atoms with Crippen molar-refractivity contribution >= 4 is 38.2 Å². The van der Waals surface area contributed by atoms with Crippen LogP contribution in [0.4, 0.5) is 11.5 Å². The van der Waals surface area contributed by atoms with Crippen LogP contribution in [-0.2, 0) is 14.6 Å². The topological polar surface area (TPSA) is 120 Å². The van der Waals surface area contributed by atoms with Crippen LogP contribution in [0.2, 0.25) is 0 Å². The third-order valence-electron chi connectivity index (χ3n) is 3.97. The van der Waals surface area contributed by atoms with E-state index in [-0.39, 0.29) is 10.7 Å². The molecule has 0 radical (unpaired) electrons. The summed E-state index contributed by atoms with van der Waals surface area (Å²) in [7, 11) is -0.412. The summed E-state index contributed by atoms with van der Waals surface area (Å²) in [5.74, 6) is -0.770. The number of hydrogen-bond donors (Lipinski definition) is 3. The molecule has 26 heavy (non-hydrogen) atoms. The molecule has 0 aliphatic rings. The number of carbonyl (C=O) groups is 1. The van der Waals surface area contributed by atoms with Gasteiger partial charge in [0.15, 0.2) is 15.6 Å². The molecule has 0 atom stereocenters. The molecule has 10 heteroatoms. The fourth-order valence-corrected chi connectivity index (χ4v) is 4.00. The Morgan fingerprint density at radius 1 is 1.35 bits per heavy atom. The lowest BCUT2D eigenvalue weighted by atomic mass is 10.2. The molecule has 1 aromatic carbocycles. The second kappa shape index (κ2) is 6.81. The van der Waals surface area contributed by atoms with Gasteiger partial charge in [0, 0.05) is 31.2 Å². The zero-order chi connectivity index (χ0) is 18.9. The third-order valence-corrected chi connectivity index (χ3v) is 5.62. The Morgan fingerprint density at radius 3 is 2.81 bits per heavy atom. The Balaban J connectivity index is 1.82. The predicted octanol–water partition coefficient (Wildman–Crippen LogP) is 1.45. The third kappa shape index (κ3) is 3.28. The number of anilines is 2. The van der Waals surface area contributed by atoms with Crippen molar-refractivity contribution in [3.63, 3.8) is 0 Å². The number of hydrazine groups is 1. The average Bonchev–Trinajstić information content (AvgIpc) is 3.18. The predicted molar refractivity (Wildman–Crippen MR) is 97.7 cm³/mol. The van der Waals surface area contributed by atoms with E-state index < -0.39 is 21.5 Å². The number of benzene rings is 1. The minimum absolute atomic E-state index is 0.0900. The van der Waals surface area contributed by atoms with Crippen LogP contribution < -0.4 is 15.8 Å². The normalized spacial score (nSPS) is 11.7. The molecular weight excluding hydrogens is 358 g/mol. The zero-order valence-electron chi connectivity index (χ0n) is 14.5. The fourth-order valence-electron chi connectivity index (χ4n) is 2.68. The lowest BCUT2D eigenvalue weighted by Gasteiger charge is -2.17. The number of aromatic amines is 1. The van der Waals surface area contributed by atoms with Gasteiger partial charge in [-0.1, -0.05) is 23.4 Å². The van der Waals surface area contributed by atoms with Gasteiger partial charge in [0.1, 0.15) is 11.4 Å². The van der Waals surface area contributed by atoms with Crippen molar-refractivity contribution in [1.82, 2.24) is 15.6 Å². The number of aryl methyl sites for hydroxylation is 1. The van der Waals surface area contributed by atoms with Crippen LogP contribution in [0.25, 0.3) is 10.9 Å². The van der Waals surface area contributed by atoms with Crippen molar-refractivity contribution in [1.29, 1.82) is 0 Å². The standard InChI is InChI=1S/C16H19N5O4S/c1-10-15(21(3)17-2)16(20-25-10)19-14(22)9-26(23,24)13-8-18-12-7-5-4-6-11(12)13/h4-8,17-18H,9H2,1-3H3,(H,19,20,22). The number of fused-ring (bicyclic) bond motifs is 1. The molecule has 3 rings (SSSR count). The summed E-state index contributed by atoms with van der Waals surface area (Å²) in [5, 5.41) is 8.43. The van der Waals surface area contributed by atoms with Crippen LogP contribution in [0.3, 0.4) is 0 Å². The van der Waals surface area contributed by atoms with Crippen LogP contribution in [0, 0.1) is 6.92 Å². The number of nitrogens with one attached hydrogen (secondary N) is 3. The molecule has 0 saturated heterocycles. The largest absolute Gasteiger partial charge is 0.360 e. The molecule has 0 unspecified atom stereocenters. The molecule has 0 aliphatic heterocycles. The molecule has 2 aromatic heterocycles. The van der Waals surface area contributed by atoms with Crippen LogP contribution >= 0.6 is 0 Å². The first-order valence-corrected chi connectivity index (χ1v) is 9.45. The van der Waals surface area contributed by atoms with E-state index in [1.165, 1.54) is 6.20 Å². The smallest absolute Gasteiger partial charge is 0.241 e. The van der Waals surface area contributed by atoms with Crippen molar-refractivity contribution in [2.24, 2.45) is 0 Å². The minimum Gasteiger partial charge on any atom is -0.360 e. The zero-order valence-corrected chi connectivity index (χ0v) is 15.3. The molecule has 3 aromatic rings. The van der Waals surface area contributed by atoms with Gasteiger partial charge >= 0.3 is 0 Å². The number of carbonyl (C=O) groups excluding carboxylic acids is 1. The van der Waals surface area contributed by atoms with Crippen molar-refractivity contribution in [2.75, 3.05) is 30.2 Å². The summed E-state index contributed by atoms with van der Waals surface area (Å²) in [5.41, 5.74) is 4.08. The highest BCUT2D eigenvalue weighted by atomic mass is 32.2. The van der Waals surface area contributed by atoms with E-state index in [0.29, 0.717) is 22.4 Å². The Bertz CT molecular complexity index is 1050. The number of rotatable bonds is 6. The van der Waals surface area contributed by atoms with E-state index in [1.54, 1.807) is 50.3 Å². The monoisotopic (exact) mass is 377 g/mol. The Hall–Kier alpha value is -2.85. The lowest BCUT2D eigenvalue weighted by Crippen LogP contribution is -2.32. The number of para-hydroxylation sites is 1. The van der Waals surface area contributed by atoms with Crippen LogP contribution in [0.1, 0.15) is 5.76 Å². The molecular formula is C16H19N5O4S. The molecule has 9 nitrogen and oxygen atoms in total. The molecule has 0 saturated carbocycles. The van der Waals surface area contributed by atoms with E-state index in [4.69, 9.17) is 4.52 Å². The first kappa shape index (κ1) is 18.0. The fraction of sp³-hybridized carbons (Fsp3) is 0.250. The summed E-state index contributed by atoms with van der Waals surface area (Å²) in [6, 6.07) is 7.01. The number of H-pyrrole nitrogens is 1. The number of amides is 1. The first-order valence-electron chi connectivity index (χ1n) is 7.79.